The normalized spacial score (nSPS) is 17.0. The first-order valence-electron chi connectivity index (χ1n) is 8.82. The summed E-state index contributed by atoms with van der Waals surface area (Å²) in [6, 6.07) is 11.1. The lowest BCUT2D eigenvalue weighted by Crippen LogP contribution is -2.28. The fraction of sp³-hybridized carbons (Fsp3) is 0.158. The van der Waals surface area contributed by atoms with Crippen LogP contribution in [0.5, 0.6) is 5.75 Å². The molecule has 0 aliphatic carbocycles. The third kappa shape index (κ3) is 6.03. The van der Waals surface area contributed by atoms with Crippen molar-refractivity contribution in [2.24, 2.45) is 10.2 Å². The van der Waals surface area contributed by atoms with Crippen molar-refractivity contribution in [1.82, 2.24) is 5.32 Å². The molecule has 0 saturated carbocycles. The summed E-state index contributed by atoms with van der Waals surface area (Å²) in [7, 11) is 1.57. The molecule has 0 radical (unpaired) electrons. The number of benzene rings is 2. The van der Waals surface area contributed by atoms with Crippen LogP contribution >= 0.6 is 23.4 Å². The van der Waals surface area contributed by atoms with Crippen LogP contribution in [0.15, 0.2) is 52.7 Å². The summed E-state index contributed by atoms with van der Waals surface area (Å²) < 4.78 is 5.08. The summed E-state index contributed by atoms with van der Waals surface area (Å²) in [4.78, 5) is 34.6. The molecule has 1 heterocycles. The number of nitro benzene ring substituents is 1. The van der Waals surface area contributed by atoms with Crippen molar-refractivity contribution < 1.29 is 19.2 Å². The number of nitrogens with zero attached hydrogens (tertiary/aromatic N) is 3. The van der Waals surface area contributed by atoms with Crippen LogP contribution < -0.4 is 15.4 Å². The molecule has 160 valence electrons. The molecule has 1 unspecified atom stereocenters. The van der Waals surface area contributed by atoms with E-state index in [9.17, 15) is 19.7 Å². The van der Waals surface area contributed by atoms with Crippen LogP contribution in [0.4, 0.5) is 11.4 Å². The number of thioether (sulfide) groups is 1. The fourth-order valence-electron chi connectivity index (χ4n) is 2.54. The fourth-order valence-corrected chi connectivity index (χ4v) is 3.65. The molecule has 3 rings (SSSR count). The molecule has 1 fully saturated rings. The second-order valence-corrected chi connectivity index (χ2v) is 7.79. The van der Waals surface area contributed by atoms with Crippen LogP contribution in [0.2, 0.25) is 5.02 Å². The zero-order valence-electron chi connectivity index (χ0n) is 16.1. The van der Waals surface area contributed by atoms with E-state index in [1.165, 1.54) is 18.3 Å². The first kappa shape index (κ1) is 22.2. The van der Waals surface area contributed by atoms with Gasteiger partial charge in [-0.25, -0.2) is 0 Å². The quantitative estimate of drug-likeness (QED) is 0.369. The number of anilines is 1. The van der Waals surface area contributed by atoms with Crippen LogP contribution in [0.1, 0.15) is 12.0 Å². The predicted molar refractivity (Wildman–Crippen MR) is 119 cm³/mol. The van der Waals surface area contributed by atoms with E-state index in [0.717, 1.165) is 29.1 Å². The summed E-state index contributed by atoms with van der Waals surface area (Å²) in [6.07, 6.45) is 1.38. The lowest BCUT2D eigenvalue weighted by atomic mass is 10.2. The maximum atomic E-state index is 12.3. The Morgan fingerprint density at radius 2 is 2.10 bits per heavy atom. The third-order valence-corrected chi connectivity index (χ3v) is 5.44. The SMILES string of the molecule is COc1ccc(/C=N/N=C2\NC(=O)C(CC(=O)Nc3ccc(Cl)c([N+](=O)[O-])c3)S2)cc1. The van der Waals surface area contributed by atoms with E-state index in [1.807, 2.05) is 0 Å². The molecule has 1 aliphatic rings. The van der Waals surface area contributed by atoms with Gasteiger partial charge in [-0.3, -0.25) is 19.7 Å². The molecule has 1 atom stereocenters. The predicted octanol–water partition coefficient (Wildman–Crippen LogP) is 3.21. The van der Waals surface area contributed by atoms with Gasteiger partial charge < -0.3 is 15.4 Å². The van der Waals surface area contributed by atoms with Gasteiger partial charge in [-0.2, -0.15) is 5.10 Å². The molecule has 2 amide bonds. The molecule has 2 aromatic rings. The number of nitro groups is 1. The first-order valence-corrected chi connectivity index (χ1v) is 10.1. The van der Waals surface area contributed by atoms with Gasteiger partial charge in [0.25, 0.3) is 5.69 Å². The van der Waals surface area contributed by atoms with Crippen molar-refractivity contribution in [2.45, 2.75) is 11.7 Å². The van der Waals surface area contributed by atoms with Gasteiger partial charge in [0, 0.05) is 18.2 Å². The van der Waals surface area contributed by atoms with Crippen LogP contribution in [0, 0.1) is 10.1 Å². The standard InChI is InChI=1S/C19H16ClN5O5S/c1-30-13-5-2-11(3-6-13)10-21-24-19-23-18(27)16(31-19)9-17(26)22-12-4-7-14(20)15(8-12)25(28)29/h2-8,10,16H,9H2,1H3,(H,22,26)(H,23,24,27)/b21-10+. The minimum absolute atomic E-state index is 0.0372. The molecule has 1 saturated heterocycles. The average molecular weight is 462 g/mol. The Labute approximate surface area is 185 Å². The number of rotatable bonds is 7. The molecular weight excluding hydrogens is 446 g/mol. The number of hydrogen-bond donors (Lipinski definition) is 2. The number of amidine groups is 1. The second kappa shape index (κ2) is 10.0. The van der Waals surface area contributed by atoms with Crippen molar-refractivity contribution in [3.8, 4) is 5.75 Å². The maximum Gasteiger partial charge on any atom is 0.289 e. The molecule has 31 heavy (non-hydrogen) atoms. The summed E-state index contributed by atoms with van der Waals surface area (Å²) in [5.41, 5.74) is 0.687. The van der Waals surface area contributed by atoms with Crippen LogP contribution in [0.25, 0.3) is 0 Å². The van der Waals surface area contributed by atoms with Crippen molar-refractivity contribution in [3.63, 3.8) is 0 Å². The largest absolute Gasteiger partial charge is 0.497 e. The molecule has 0 spiro atoms. The van der Waals surface area contributed by atoms with E-state index in [4.69, 9.17) is 16.3 Å². The topological polar surface area (TPSA) is 135 Å². The number of amides is 2. The first-order chi connectivity index (χ1) is 14.9. The van der Waals surface area contributed by atoms with E-state index in [0.29, 0.717) is 0 Å². The van der Waals surface area contributed by atoms with Gasteiger partial charge in [0.05, 0.1) is 18.2 Å². The second-order valence-electron chi connectivity index (χ2n) is 6.19. The van der Waals surface area contributed by atoms with Crippen molar-refractivity contribution in [3.05, 3.63) is 63.2 Å². The lowest BCUT2D eigenvalue weighted by molar-refractivity contribution is -0.384. The molecule has 1 aliphatic heterocycles. The Hall–Kier alpha value is -3.44. The van der Waals surface area contributed by atoms with Gasteiger partial charge in [-0.1, -0.05) is 23.4 Å². The van der Waals surface area contributed by atoms with Crippen molar-refractivity contribution in [2.75, 3.05) is 12.4 Å². The van der Waals surface area contributed by atoms with E-state index in [1.54, 1.807) is 31.4 Å². The molecular formula is C19H16ClN5O5S. The third-order valence-electron chi connectivity index (χ3n) is 4.05. The Morgan fingerprint density at radius 1 is 1.35 bits per heavy atom. The maximum absolute atomic E-state index is 12.3. The molecule has 0 bridgehead atoms. The summed E-state index contributed by atoms with van der Waals surface area (Å²) in [5.74, 6) is -0.135. The number of halogens is 1. The van der Waals surface area contributed by atoms with Gasteiger partial charge in [-0.15, -0.1) is 5.10 Å². The van der Waals surface area contributed by atoms with Gasteiger partial charge in [0.2, 0.25) is 11.8 Å². The minimum Gasteiger partial charge on any atom is -0.497 e. The molecule has 12 heteroatoms. The highest BCUT2D eigenvalue weighted by Crippen LogP contribution is 2.28. The van der Waals surface area contributed by atoms with Crippen LogP contribution in [0.3, 0.4) is 0 Å². The van der Waals surface area contributed by atoms with Crippen molar-refractivity contribution in [1.29, 1.82) is 0 Å². The number of carbonyl (C=O) groups excluding carboxylic acids is 2. The Balaban J connectivity index is 1.56. The van der Waals surface area contributed by atoms with E-state index < -0.39 is 16.1 Å². The summed E-state index contributed by atoms with van der Waals surface area (Å²) in [5, 5.41) is 23.5. The van der Waals surface area contributed by atoms with Crippen LogP contribution in [-0.4, -0.2) is 40.5 Å². The number of methoxy groups -OCH3 is 1. The monoisotopic (exact) mass is 461 g/mol. The number of hydrogen-bond acceptors (Lipinski definition) is 8. The zero-order valence-corrected chi connectivity index (χ0v) is 17.6. The Bertz CT molecular complexity index is 1070. The smallest absolute Gasteiger partial charge is 0.289 e. The van der Waals surface area contributed by atoms with Gasteiger partial charge in [0.1, 0.15) is 16.0 Å². The molecule has 2 aromatic carbocycles. The lowest BCUT2D eigenvalue weighted by Gasteiger charge is -2.07. The highest BCUT2D eigenvalue weighted by atomic mass is 35.5. The van der Waals surface area contributed by atoms with E-state index in [-0.39, 0.29) is 33.9 Å². The highest BCUT2D eigenvalue weighted by Gasteiger charge is 2.32. The highest BCUT2D eigenvalue weighted by molar-refractivity contribution is 8.15. The zero-order chi connectivity index (χ0) is 22.4. The molecule has 0 aromatic heterocycles. The van der Waals surface area contributed by atoms with Crippen LogP contribution in [-0.2, 0) is 9.59 Å². The summed E-state index contributed by atoms with van der Waals surface area (Å²) >= 11 is 6.83. The summed E-state index contributed by atoms with van der Waals surface area (Å²) in [6.45, 7) is 0. The van der Waals surface area contributed by atoms with E-state index >= 15 is 0 Å². The molecule has 10 nitrogen and oxygen atoms in total. The molecule has 2 N–H and O–H groups in total. The number of ether oxygens (including phenoxy) is 1. The average Bonchev–Trinajstić information content (AvgIpc) is 3.08. The Morgan fingerprint density at radius 3 is 2.77 bits per heavy atom. The minimum atomic E-state index is -0.697. The van der Waals surface area contributed by atoms with Crippen molar-refractivity contribution >= 4 is 57.9 Å². The van der Waals surface area contributed by atoms with Gasteiger partial charge >= 0.3 is 0 Å². The Kier molecular flexibility index (Phi) is 7.21. The number of carbonyl (C=O) groups is 2. The number of nitrogens with one attached hydrogen (secondary N) is 2. The van der Waals surface area contributed by atoms with Gasteiger partial charge in [-0.05, 0) is 42.0 Å². The van der Waals surface area contributed by atoms with E-state index in [2.05, 4.69) is 20.8 Å². The van der Waals surface area contributed by atoms with Gasteiger partial charge in [0.15, 0.2) is 5.17 Å².